The first-order valence-electron chi connectivity index (χ1n) is 8.01. The molecule has 1 aromatic heterocycles. The number of methoxy groups -OCH3 is 1. The lowest BCUT2D eigenvalue weighted by Crippen LogP contribution is -2.19. The number of carbonyl (C=O) groups excluding carboxylic acids is 1. The average Bonchev–Trinajstić information content (AvgIpc) is 3.09. The lowest BCUT2D eigenvalue weighted by Gasteiger charge is -2.14. The van der Waals surface area contributed by atoms with Gasteiger partial charge < -0.3 is 10.1 Å². The number of rotatable bonds is 4. The summed E-state index contributed by atoms with van der Waals surface area (Å²) in [6.07, 6.45) is 0.505. The zero-order valence-corrected chi connectivity index (χ0v) is 15.3. The highest BCUT2D eigenvalue weighted by Crippen LogP contribution is 2.27. The SMILES string of the molecule is COc1cc(C(=O)Nc2cc(C)nn2[C@@H]2CCS(=O)(=O)C2)ccc1C. The molecule has 0 spiro atoms. The normalized spacial score (nSPS) is 18.9. The Kier molecular flexibility index (Phi) is 4.55. The number of hydrogen-bond donors (Lipinski definition) is 1. The Bertz CT molecular complexity index is 918. The van der Waals surface area contributed by atoms with Crippen LogP contribution in [0.15, 0.2) is 24.3 Å². The smallest absolute Gasteiger partial charge is 0.256 e. The minimum atomic E-state index is -3.04. The molecule has 0 saturated carbocycles. The van der Waals surface area contributed by atoms with E-state index in [9.17, 15) is 13.2 Å². The third kappa shape index (κ3) is 3.68. The van der Waals surface area contributed by atoms with Crippen molar-refractivity contribution < 1.29 is 17.9 Å². The van der Waals surface area contributed by atoms with Crippen LogP contribution in [0, 0.1) is 13.8 Å². The van der Waals surface area contributed by atoms with E-state index in [0.717, 1.165) is 11.3 Å². The fourth-order valence-electron chi connectivity index (χ4n) is 3.01. The summed E-state index contributed by atoms with van der Waals surface area (Å²) in [5.74, 6) is 1.05. The summed E-state index contributed by atoms with van der Waals surface area (Å²) in [5, 5.41) is 7.20. The van der Waals surface area contributed by atoms with E-state index in [1.807, 2.05) is 19.9 Å². The largest absolute Gasteiger partial charge is 0.496 e. The zero-order valence-electron chi connectivity index (χ0n) is 14.4. The van der Waals surface area contributed by atoms with Crippen LogP contribution in [0.1, 0.15) is 34.1 Å². The monoisotopic (exact) mass is 363 g/mol. The number of aromatic nitrogens is 2. The summed E-state index contributed by atoms with van der Waals surface area (Å²) in [5.41, 5.74) is 2.13. The molecule has 2 aromatic rings. The summed E-state index contributed by atoms with van der Waals surface area (Å²) in [6.45, 7) is 3.71. The maximum atomic E-state index is 12.6. The van der Waals surface area contributed by atoms with Crippen molar-refractivity contribution >= 4 is 21.6 Å². The van der Waals surface area contributed by atoms with Crippen molar-refractivity contribution in [3.05, 3.63) is 41.1 Å². The van der Waals surface area contributed by atoms with Crippen LogP contribution in [0.4, 0.5) is 5.82 Å². The van der Waals surface area contributed by atoms with Gasteiger partial charge in [-0.2, -0.15) is 5.10 Å². The van der Waals surface area contributed by atoms with Crippen LogP contribution >= 0.6 is 0 Å². The first kappa shape index (κ1) is 17.5. The highest BCUT2D eigenvalue weighted by Gasteiger charge is 2.31. The Morgan fingerprint density at radius 2 is 2.08 bits per heavy atom. The van der Waals surface area contributed by atoms with Gasteiger partial charge in [0.05, 0.1) is 30.4 Å². The molecule has 1 saturated heterocycles. The predicted octanol–water partition coefficient (Wildman–Crippen LogP) is 2.12. The van der Waals surface area contributed by atoms with Gasteiger partial charge >= 0.3 is 0 Å². The lowest BCUT2D eigenvalue weighted by atomic mass is 10.1. The van der Waals surface area contributed by atoms with Crippen molar-refractivity contribution in [1.29, 1.82) is 0 Å². The van der Waals surface area contributed by atoms with E-state index in [1.54, 1.807) is 30.0 Å². The predicted molar refractivity (Wildman–Crippen MR) is 95.0 cm³/mol. The van der Waals surface area contributed by atoms with Gasteiger partial charge in [0.2, 0.25) is 0 Å². The molecule has 0 unspecified atom stereocenters. The van der Waals surface area contributed by atoms with Crippen LogP contribution in [0.5, 0.6) is 5.75 Å². The van der Waals surface area contributed by atoms with Gasteiger partial charge in [-0.05, 0) is 38.0 Å². The van der Waals surface area contributed by atoms with Crippen molar-refractivity contribution in [3.63, 3.8) is 0 Å². The van der Waals surface area contributed by atoms with Gasteiger partial charge in [-0.15, -0.1) is 0 Å². The van der Waals surface area contributed by atoms with Crippen LogP contribution in [0.2, 0.25) is 0 Å². The van der Waals surface area contributed by atoms with Crippen LogP contribution < -0.4 is 10.1 Å². The fourth-order valence-corrected chi connectivity index (χ4v) is 4.70. The molecule has 1 atom stereocenters. The number of nitrogens with zero attached hydrogens (tertiary/aromatic N) is 2. The van der Waals surface area contributed by atoms with Gasteiger partial charge in [-0.25, -0.2) is 13.1 Å². The number of anilines is 1. The summed E-state index contributed by atoms with van der Waals surface area (Å²) < 4.78 is 30.3. The maximum absolute atomic E-state index is 12.6. The number of carbonyl (C=O) groups is 1. The molecule has 134 valence electrons. The number of hydrogen-bond acceptors (Lipinski definition) is 5. The minimum absolute atomic E-state index is 0.0509. The van der Waals surface area contributed by atoms with Gasteiger partial charge in [-0.1, -0.05) is 6.07 Å². The Hall–Kier alpha value is -2.35. The topological polar surface area (TPSA) is 90.3 Å². The molecule has 25 heavy (non-hydrogen) atoms. The van der Waals surface area contributed by atoms with E-state index in [-0.39, 0.29) is 23.5 Å². The maximum Gasteiger partial charge on any atom is 0.256 e. The van der Waals surface area contributed by atoms with Gasteiger partial charge in [0.15, 0.2) is 9.84 Å². The number of aryl methyl sites for hydroxylation is 2. The Labute approximate surface area is 146 Å². The molecule has 0 aliphatic carbocycles. The summed E-state index contributed by atoms with van der Waals surface area (Å²) in [6, 6.07) is 6.72. The molecule has 1 fully saturated rings. The van der Waals surface area contributed by atoms with E-state index in [4.69, 9.17) is 4.74 Å². The third-order valence-corrected chi connectivity index (χ3v) is 6.07. The first-order valence-corrected chi connectivity index (χ1v) is 9.84. The van der Waals surface area contributed by atoms with E-state index in [1.165, 1.54) is 0 Å². The van der Waals surface area contributed by atoms with Gasteiger partial charge in [-0.3, -0.25) is 4.79 Å². The van der Waals surface area contributed by atoms with Crippen LogP contribution in [-0.2, 0) is 9.84 Å². The van der Waals surface area contributed by atoms with Crippen molar-refractivity contribution in [1.82, 2.24) is 9.78 Å². The summed E-state index contributed by atoms with van der Waals surface area (Å²) in [4.78, 5) is 12.6. The molecule has 1 aliphatic rings. The first-order chi connectivity index (χ1) is 11.8. The van der Waals surface area contributed by atoms with Crippen LogP contribution in [0.25, 0.3) is 0 Å². The van der Waals surface area contributed by atoms with Crippen molar-refractivity contribution in [2.45, 2.75) is 26.3 Å². The number of ether oxygens (including phenoxy) is 1. The second kappa shape index (κ2) is 6.51. The molecule has 1 N–H and O–H groups in total. The fraction of sp³-hybridized carbons (Fsp3) is 0.412. The number of sulfone groups is 1. The molecule has 0 bridgehead atoms. The Morgan fingerprint density at radius 3 is 2.72 bits per heavy atom. The van der Waals surface area contributed by atoms with Gasteiger partial charge in [0.1, 0.15) is 11.6 Å². The van der Waals surface area contributed by atoms with Crippen molar-refractivity contribution in [2.75, 3.05) is 23.9 Å². The lowest BCUT2D eigenvalue weighted by molar-refractivity contribution is 0.102. The quantitative estimate of drug-likeness (QED) is 0.899. The van der Waals surface area contributed by atoms with Crippen molar-refractivity contribution in [3.8, 4) is 5.75 Å². The summed E-state index contributed by atoms with van der Waals surface area (Å²) >= 11 is 0. The van der Waals surface area contributed by atoms with Crippen LogP contribution in [0.3, 0.4) is 0 Å². The van der Waals surface area contributed by atoms with Gasteiger partial charge in [0.25, 0.3) is 5.91 Å². The molecule has 2 heterocycles. The molecule has 7 nitrogen and oxygen atoms in total. The van der Waals surface area contributed by atoms with Crippen LogP contribution in [-0.4, -0.2) is 42.7 Å². The Morgan fingerprint density at radius 1 is 1.32 bits per heavy atom. The molecule has 0 radical (unpaired) electrons. The number of benzene rings is 1. The molecular weight excluding hydrogens is 342 g/mol. The molecular formula is C17H21N3O4S. The number of nitrogens with one attached hydrogen (secondary N) is 1. The second-order valence-electron chi connectivity index (χ2n) is 6.31. The standard InChI is InChI=1S/C17H21N3O4S/c1-11-4-5-13(9-15(11)24-3)17(21)18-16-8-12(2)19-20(16)14-6-7-25(22,23)10-14/h4-5,8-9,14H,6-7,10H2,1-3H3,(H,18,21)/t14-/m1/s1. The highest BCUT2D eigenvalue weighted by molar-refractivity contribution is 7.91. The second-order valence-corrected chi connectivity index (χ2v) is 8.54. The highest BCUT2D eigenvalue weighted by atomic mass is 32.2. The van der Waals surface area contributed by atoms with E-state index in [0.29, 0.717) is 23.6 Å². The van der Waals surface area contributed by atoms with Crippen molar-refractivity contribution in [2.24, 2.45) is 0 Å². The molecule has 1 aliphatic heterocycles. The Balaban J connectivity index is 1.85. The molecule has 1 amide bonds. The van der Waals surface area contributed by atoms with Gasteiger partial charge in [0, 0.05) is 11.6 Å². The third-order valence-electron chi connectivity index (χ3n) is 4.32. The van der Waals surface area contributed by atoms with E-state index < -0.39 is 9.84 Å². The minimum Gasteiger partial charge on any atom is -0.496 e. The average molecular weight is 363 g/mol. The molecule has 3 rings (SSSR count). The number of amides is 1. The molecule has 1 aromatic carbocycles. The van der Waals surface area contributed by atoms with E-state index in [2.05, 4.69) is 10.4 Å². The zero-order chi connectivity index (χ0) is 18.2. The van der Waals surface area contributed by atoms with E-state index >= 15 is 0 Å². The molecule has 8 heteroatoms. The summed E-state index contributed by atoms with van der Waals surface area (Å²) in [7, 11) is -1.48.